The fourth-order valence-electron chi connectivity index (χ4n) is 3.01. The molecule has 3 aromatic rings. The second kappa shape index (κ2) is 8.90. The predicted molar refractivity (Wildman–Crippen MR) is 106 cm³/mol. The molecular formula is C23H23NO3. The summed E-state index contributed by atoms with van der Waals surface area (Å²) in [7, 11) is 3.13. The van der Waals surface area contributed by atoms with Crippen LogP contribution >= 0.6 is 0 Å². The number of methoxy groups -OCH3 is 2. The first-order valence-electron chi connectivity index (χ1n) is 8.83. The van der Waals surface area contributed by atoms with Gasteiger partial charge in [0.05, 0.1) is 25.8 Å². The number of hydrogen-bond acceptors (Lipinski definition) is 3. The molecule has 1 atom stereocenters. The highest BCUT2D eigenvalue weighted by Gasteiger charge is 2.19. The highest BCUT2D eigenvalue weighted by molar-refractivity contribution is 5.97. The zero-order valence-electron chi connectivity index (χ0n) is 15.5. The standard InChI is InChI=1S/C23H23NO3/c1-26-19-13-14-20(22(16-19)27-2)23(25)24-21(18-11-7-4-8-12-18)15-17-9-5-3-6-10-17/h3-14,16,21H,15H2,1-2H3,(H,24,25). The molecule has 0 fully saturated rings. The molecule has 0 spiro atoms. The Hall–Kier alpha value is -3.27. The van der Waals surface area contributed by atoms with Crippen molar-refractivity contribution < 1.29 is 14.3 Å². The molecule has 0 aromatic heterocycles. The summed E-state index contributed by atoms with van der Waals surface area (Å²) in [5, 5.41) is 3.15. The zero-order chi connectivity index (χ0) is 19.1. The molecule has 27 heavy (non-hydrogen) atoms. The van der Waals surface area contributed by atoms with Crippen LogP contribution in [0.2, 0.25) is 0 Å². The summed E-state index contributed by atoms with van der Waals surface area (Å²) in [5.74, 6) is 0.949. The van der Waals surface area contributed by atoms with E-state index in [0.717, 1.165) is 11.1 Å². The summed E-state index contributed by atoms with van der Waals surface area (Å²) in [5.41, 5.74) is 2.70. The van der Waals surface area contributed by atoms with Gasteiger partial charge >= 0.3 is 0 Å². The van der Waals surface area contributed by atoms with Gasteiger partial charge in [-0.25, -0.2) is 0 Å². The highest BCUT2D eigenvalue weighted by atomic mass is 16.5. The van der Waals surface area contributed by atoms with Crippen LogP contribution in [0.15, 0.2) is 78.9 Å². The maximum absolute atomic E-state index is 13.0. The quantitative estimate of drug-likeness (QED) is 0.678. The second-order valence-electron chi connectivity index (χ2n) is 6.19. The minimum atomic E-state index is -0.181. The third-order valence-corrected chi connectivity index (χ3v) is 4.44. The molecule has 0 aliphatic rings. The number of hydrogen-bond donors (Lipinski definition) is 1. The summed E-state index contributed by atoms with van der Waals surface area (Å²) in [4.78, 5) is 13.0. The van der Waals surface area contributed by atoms with Crippen molar-refractivity contribution in [3.8, 4) is 11.5 Å². The van der Waals surface area contributed by atoms with Crippen molar-refractivity contribution in [3.63, 3.8) is 0 Å². The molecule has 4 heteroatoms. The molecule has 1 amide bonds. The van der Waals surface area contributed by atoms with Crippen LogP contribution in [0.4, 0.5) is 0 Å². The van der Waals surface area contributed by atoms with E-state index in [0.29, 0.717) is 23.5 Å². The van der Waals surface area contributed by atoms with Gasteiger partial charge in [0.2, 0.25) is 0 Å². The monoisotopic (exact) mass is 361 g/mol. The first-order valence-corrected chi connectivity index (χ1v) is 8.83. The number of amides is 1. The number of carbonyl (C=O) groups excluding carboxylic acids is 1. The van der Waals surface area contributed by atoms with E-state index in [4.69, 9.17) is 9.47 Å². The fraction of sp³-hybridized carbons (Fsp3) is 0.174. The van der Waals surface area contributed by atoms with Gasteiger partial charge in [0.15, 0.2) is 0 Å². The Bertz CT molecular complexity index is 879. The van der Waals surface area contributed by atoms with Gasteiger partial charge in [-0.2, -0.15) is 0 Å². The SMILES string of the molecule is COc1ccc(C(=O)NC(Cc2ccccc2)c2ccccc2)c(OC)c1. The topological polar surface area (TPSA) is 47.6 Å². The summed E-state index contributed by atoms with van der Waals surface area (Å²) in [6.07, 6.45) is 0.703. The van der Waals surface area contributed by atoms with Crippen molar-refractivity contribution >= 4 is 5.91 Å². The number of benzene rings is 3. The maximum Gasteiger partial charge on any atom is 0.255 e. The van der Waals surface area contributed by atoms with Gasteiger partial charge < -0.3 is 14.8 Å². The Morgan fingerprint density at radius 2 is 1.56 bits per heavy atom. The third kappa shape index (κ3) is 4.67. The van der Waals surface area contributed by atoms with Crippen molar-refractivity contribution in [2.45, 2.75) is 12.5 Å². The van der Waals surface area contributed by atoms with Crippen molar-refractivity contribution in [1.82, 2.24) is 5.32 Å². The average Bonchev–Trinajstić information content (AvgIpc) is 2.74. The Balaban J connectivity index is 1.86. The molecule has 1 N–H and O–H groups in total. The highest BCUT2D eigenvalue weighted by Crippen LogP contribution is 2.26. The van der Waals surface area contributed by atoms with Crippen LogP contribution in [-0.2, 0) is 6.42 Å². The number of nitrogens with one attached hydrogen (secondary N) is 1. The summed E-state index contributed by atoms with van der Waals surface area (Å²) >= 11 is 0. The Morgan fingerprint density at radius 3 is 2.19 bits per heavy atom. The summed E-state index contributed by atoms with van der Waals surface area (Å²) in [6.45, 7) is 0. The Morgan fingerprint density at radius 1 is 0.889 bits per heavy atom. The lowest BCUT2D eigenvalue weighted by Gasteiger charge is -2.20. The van der Waals surface area contributed by atoms with E-state index in [2.05, 4.69) is 17.4 Å². The van der Waals surface area contributed by atoms with Gasteiger partial charge in [0.25, 0.3) is 5.91 Å². The van der Waals surface area contributed by atoms with Crippen LogP contribution < -0.4 is 14.8 Å². The molecule has 1 unspecified atom stereocenters. The lowest BCUT2D eigenvalue weighted by Crippen LogP contribution is -2.30. The molecule has 0 saturated heterocycles. The average molecular weight is 361 g/mol. The first kappa shape index (κ1) is 18.5. The molecule has 0 radical (unpaired) electrons. The number of carbonyl (C=O) groups is 1. The molecule has 0 heterocycles. The van der Waals surface area contributed by atoms with Crippen LogP contribution in [0.25, 0.3) is 0 Å². The van der Waals surface area contributed by atoms with Gasteiger partial charge in [-0.05, 0) is 29.7 Å². The Labute approximate surface area is 159 Å². The van der Waals surface area contributed by atoms with E-state index in [1.165, 1.54) is 0 Å². The van der Waals surface area contributed by atoms with E-state index in [-0.39, 0.29) is 11.9 Å². The molecule has 0 saturated carbocycles. The summed E-state index contributed by atoms with van der Waals surface area (Å²) < 4.78 is 10.6. The molecule has 138 valence electrons. The molecular weight excluding hydrogens is 338 g/mol. The minimum Gasteiger partial charge on any atom is -0.497 e. The van der Waals surface area contributed by atoms with E-state index in [1.54, 1.807) is 32.4 Å². The van der Waals surface area contributed by atoms with E-state index in [1.807, 2.05) is 48.5 Å². The maximum atomic E-state index is 13.0. The largest absolute Gasteiger partial charge is 0.497 e. The molecule has 0 aliphatic carbocycles. The van der Waals surface area contributed by atoms with Crippen LogP contribution in [0.5, 0.6) is 11.5 Å². The van der Waals surface area contributed by atoms with Gasteiger partial charge in [-0.3, -0.25) is 4.79 Å². The van der Waals surface area contributed by atoms with Crippen LogP contribution in [0.1, 0.15) is 27.5 Å². The fourth-order valence-corrected chi connectivity index (χ4v) is 3.01. The second-order valence-corrected chi connectivity index (χ2v) is 6.19. The van der Waals surface area contributed by atoms with Gasteiger partial charge in [-0.15, -0.1) is 0 Å². The van der Waals surface area contributed by atoms with E-state index < -0.39 is 0 Å². The summed E-state index contributed by atoms with van der Waals surface area (Å²) in [6, 6.07) is 25.2. The van der Waals surface area contributed by atoms with Crippen LogP contribution in [-0.4, -0.2) is 20.1 Å². The predicted octanol–water partition coefficient (Wildman–Crippen LogP) is 4.42. The number of ether oxygens (including phenoxy) is 2. The van der Waals surface area contributed by atoms with Gasteiger partial charge in [0, 0.05) is 6.07 Å². The van der Waals surface area contributed by atoms with Crippen LogP contribution in [0.3, 0.4) is 0 Å². The molecule has 0 bridgehead atoms. The minimum absolute atomic E-state index is 0.145. The molecule has 4 nitrogen and oxygen atoms in total. The number of rotatable bonds is 7. The van der Waals surface area contributed by atoms with Crippen LogP contribution in [0, 0.1) is 0 Å². The van der Waals surface area contributed by atoms with Crippen molar-refractivity contribution in [3.05, 3.63) is 95.6 Å². The zero-order valence-corrected chi connectivity index (χ0v) is 15.5. The smallest absolute Gasteiger partial charge is 0.255 e. The Kier molecular flexibility index (Phi) is 6.10. The first-order chi connectivity index (χ1) is 13.2. The van der Waals surface area contributed by atoms with Crippen molar-refractivity contribution in [1.29, 1.82) is 0 Å². The van der Waals surface area contributed by atoms with E-state index >= 15 is 0 Å². The van der Waals surface area contributed by atoms with Crippen molar-refractivity contribution in [2.75, 3.05) is 14.2 Å². The lowest BCUT2D eigenvalue weighted by molar-refractivity contribution is 0.0933. The van der Waals surface area contributed by atoms with Gasteiger partial charge in [0.1, 0.15) is 11.5 Å². The lowest BCUT2D eigenvalue weighted by atomic mass is 9.98. The molecule has 0 aliphatic heterocycles. The van der Waals surface area contributed by atoms with Gasteiger partial charge in [-0.1, -0.05) is 60.7 Å². The third-order valence-electron chi connectivity index (χ3n) is 4.44. The molecule has 3 aromatic carbocycles. The molecule has 3 rings (SSSR count). The normalized spacial score (nSPS) is 11.5. The van der Waals surface area contributed by atoms with Crippen molar-refractivity contribution in [2.24, 2.45) is 0 Å². The van der Waals surface area contributed by atoms with E-state index in [9.17, 15) is 4.79 Å².